The maximum absolute atomic E-state index is 13.1. The molecule has 2 aromatic rings. The zero-order valence-corrected chi connectivity index (χ0v) is 15.1. The van der Waals surface area contributed by atoms with E-state index in [9.17, 15) is 18.0 Å². The number of carbonyl (C=O) groups excluding carboxylic acids is 1. The number of rotatable bonds is 3. The number of ether oxygens (including phenoxy) is 1. The summed E-state index contributed by atoms with van der Waals surface area (Å²) in [6, 6.07) is 6.62. The van der Waals surface area contributed by atoms with E-state index in [2.05, 4.69) is 9.97 Å². The van der Waals surface area contributed by atoms with Gasteiger partial charge in [0, 0.05) is 37.7 Å². The largest absolute Gasteiger partial charge is 0.474 e. The summed E-state index contributed by atoms with van der Waals surface area (Å²) in [7, 11) is 0. The van der Waals surface area contributed by atoms with E-state index in [4.69, 9.17) is 4.74 Å². The lowest BCUT2D eigenvalue weighted by Crippen LogP contribution is -2.42. The van der Waals surface area contributed by atoms with Crippen molar-refractivity contribution in [1.82, 2.24) is 14.9 Å². The smallest absolute Gasteiger partial charge is 0.417 e. The van der Waals surface area contributed by atoms with E-state index in [0.717, 1.165) is 11.8 Å². The number of aryl methyl sites for hydroxylation is 2. The van der Waals surface area contributed by atoms with Crippen molar-refractivity contribution >= 4 is 5.91 Å². The Morgan fingerprint density at radius 2 is 1.81 bits per heavy atom. The van der Waals surface area contributed by atoms with Crippen LogP contribution in [0.25, 0.3) is 0 Å². The van der Waals surface area contributed by atoms with Crippen molar-refractivity contribution in [2.45, 2.75) is 39.0 Å². The lowest BCUT2D eigenvalue weighted by molar-refractivity contribution is -0.138. The molecular weight excluding hydrogens is 359 g/mol. The molecule has 3 rings (SSSR count). The first-order valence-electron chi connectivity index (χ1n) is 8.68. The molecule has 1 saturated heterocycles. The number of aromatic nitrogens is 2. The number of benzene rings is 1. The zero-order valence-electron chi connectivity index (χ0n) is 15.1. The summed E-state index contributed by atoms with van der Waals surface area (Å²) in [5.74, 6) is 0.490. The highest BCUT2D eigenvalue weighted by atomic mass is 19.4. The van der Waals surface area contributed by atoms with Gasteiger partial charge in [0.25, 0.3) is 5.91 Å². The van der Waals surface area contributed by atoms with Gasteiger partial charge in [-0.1, -0.05) is 12.1 Å². The molecule has 0 atom stereocenters. The summed E-state index contributed by atoms with van der Waals surface area (Å²) in [6.45, 7) is 4.29. The molecule has 5 nitrogen and oxygen atoms in total. The van der Waals surface area contributed by atoms with Crippen molar-refractivity contribution < 1.29 is 22.7 Å². The fourth-order valence-corrected chi connectivity index (χ4v) is 3.18. The minimum Gasteiger partial charge on any atom is -0.474 e. The molecule has 0 aliphatic carbocycles. The molecule has 0 bridgehead atoms. The fraction of sp³-hybridized carbons (Fsp3) is 0.421. The monoisotopic (exact) mass is 379 g/mol. The summed E-state index contributed by atoms with van der Waals surface area (Å²) in [5, 5.41) is 0. The van der Waals surface area contributed by atoms with E-state index in [-0.39, 0.29) is 11.7 Å². The van der Waals surface area contributed by atoms with Gasteiger partial charge >= 0.3 is 6.18 Å². The fourth-order valence-electron chi connectivity index (χ4n) is 3.18. The van der Waals surface area contributed by atoms with E-state index >= 15 is 0 Å². The quantitative estimate of drug-likeness (QED) is 0.814. The minimum absolute atomic E-state index is 0.138. The summed E-state index contributed by atoms with van der Waals surface area (Å²) in [5.41, 5.74) is -0.416. The van der Waals surface area contributed by atoms with E-state index in [1.807, 2.05) is 6.92 Å². The Hall–Kier alpha value is -2.64. The minimum atomic E-state index is -4.56. The Morgan fingerprint density at radius 3 is 2.44 bits per heavy atom. The van der Waals surface area contributed by atoms with Gasteiger partial charge in [0.1, 0.15) is 11.9 Å². The number of hydrogen-bond donors (Lipinski definition) is 0. The van der Waals surface area contributed by atoms with Gasteiger partial charge < -0.3 is 9.64 Å². The molecule has 1 aromatic carbocycles. The first-order valence-corrected chi connectivity index (χ1v) is 8.68. The molecule has 27 heavy (non-hydrogen) atoms. The van der Waals surface area contributed by atoms with Crippen LogP contribution in [0.3, 0.4) is 0 Å². The first kappa shape index (κ1) is 19.1. The number of nitrogens with zero attached hydrogens (tertiary/aromatic N) is 3. The van der Waals surface area contributed by atoms with Crippen LogP contribution in [0.4, 0.5) is 13.2 Å². The molecular formula is C19H20F3N3O2. The summed E-state index contributed by atoms with van der Waals surface area (Å²) < 4.78 is 45.3. The van der Waals surface area contributed by atoms with Crippen LogP contribution < -0.4 is 4.74 Å². The summed E-state index contributed by atoms with van der Waals surface area (Å²) >= 11 is 0. The van der Waals surface area contributed by atoms with E-state index in [1.54, 1.807) is 13.0 Å². The lowest BCUT2D eigenvalue weighted by Gasteiger charge is -2.32. The van der Waals surface area contributed by atoms with Crippen LogP contribution in [0.15, 0.2) is 30.3 Å². The Bertz CT molecular complexity index is 811. The highest BCUT2D eigenvalue weighted by Crippen LogP contribution is 2.32. The second-order valence-corrected chi connectivity index (χ2v) is 6.55. The van der Waals surface area contributed by atoms with E-state index < -0.39 is 17.6 Å². The van der Waals surface area contributed by atoms with Crippen LogP contribution >= 0.6 is 0 Å². The molecule has 1 aliphatic heterocycles. The number of alkyl halides is 3. The number of hydrogen-bond acceptors (Lipinski definition) is 4. The topological polar surface area (TPSA) is 55.3 Å². The molecule has 0 saturated carbocycles. The molecule has 0 unspecified atom stereocenters. The van der Waals surface area contributed by atoms with Gasteiger partial charge in [-0.3, -0.25) is 4.79 Å². The Kier molecular flexibility index (Phi) is 5.34. The van der Waals surface area contributed by atoms with E-state index in [0.29, 0.717) is 37.6 Å². The highest BCUT2D eigenvalue weighted by Gasteiger charge is 2.36. The van der Waals surface area contributed by atoms with Crippen molar-refractivity contribution in [1.29, 1.82) is 0 Å². The number of likely N-dealkylation sites (tertiary alicyclic amines) is 1. The second kappa shape index (κ2) is 7.54. The predicted octanol–water partition coefficient (Wildman–Crippen LogP) is 3.80. The second-order valence-electron chi connectivity index (χ2n) is 6.55. The molecule has 0 radical (unpaired) electrons. The van der Waals surface area contributed by atoms with Gasteiger partial charge in [0.05, 0.1) is 11.1 Å². The number of amides is 1. The van der Waals surface area contributed by atoms with Gasteiger partial charge in [-0.05, 0) is 26.0 Å². The van der Waals surface area contributed by atoms with Gasteiger partial charge in [-0.15, -0.1) is 0 Å². The van der Waals surface area contributed by atoms with Crippen LogP contribution in [-0.4, -0.2) is 40.0 Å². The third-order valence-electron chi connectivity index (χ3n) is 4.42. The van der Waals surface area contributed by atoms with Gasteiger partial charge in [-0.25, -0.2) is 4.98 Å². The van der Waals surface area contributed by atoms with Crippen molar-refractivity contribution in [3.8, 4) is 5.88 Å². The molecule has 0 N–H and O–H groups in total. The number of carbonyl (C=O) groups is 1. The summed E-state index contributed by atoms with van der Waals surface area (Å²) in [6.07, 6.45) is -3.64. The molecule has 1 amide bonds. The van der Waals surface area contributed by atoms with Gasteiger partial charge in [0.2, 0.25) is 5.88 Å². The van der Waals surface area contributed by atoms with Crippen LogP contribution in [0, 0.1) is 13.8 Å². The van der Waals surface area contributed by atoms with Gasteiger partial charge in [0.15, 0.2) is 0 Å². The number of halogens is 3. The third kappa shape index (κ3) is 4.56. The van der Waals surface area contributed by atoms with E-state index in [1.165, 1.54) is 23.1 Å². The molecule has 1 fully saturated rings. The Labute approximate surface area is 155 Å². The van der Waals surface area contributed by atoms with Crippen LogP contribution in [-0.2, 0) is 6.18 Å². The van der Waals surface area contributed by atoms with Crippen LogP contribution in [0.2, 0.25) is 0 Å². The highest BCUT2D eigenvalue weighted by molar-refractivity contribution is 5.96. The lowest BCUT2D eigenvalue weighted by atomic mass is 10.0. The average molecular weight is 379 g/mol. The SMILES string of the molecule is Cc1cc(OC2CCN(C(=O)c3ccccc3C(F)(F)F)CC2)nc(C)n1. The summed E-state index contributed by atoms with van der Waals surface area (Å²) in [4.78, 5) is 22.4. The van der Waals surface area contributed by atoms with Crippen LogP contribution in [0.5, 0.6) is 5.88 Å². The Balaban J connectivity index is 1.65. The standard InChI is InChI=1S/C19H20F3N3O2/c1-12-11-17(24-13(2)23-12)27-14-7-9-25(10-8-14)18(26)15-5-3-4-6-16(15)19(20,21)22/h3-6,11,14H,7-10H2,1-2H3. The Morgan fingerprint density at radius 1 is 1.15 bits per heavy atom. The van der Waals surface area contributed by atoms with Crippen molar-refractivity contribution in [3.63, 3.8) is 0 Å². The predicted molar refractivity (Wildman–Crippen MR) is 92.5 cm³/mol. The molecule has 1 aromatic heterocycles. The maximum Gasteiger partial charge on any atom is 0.417 e. The third-order valence-corrected chi connectivity index (χ3v) is 4.42. The maximum atomic E-state index is 13.1. The van der Waals surface area contributed by atoms with Crippen LogP contribution in [0.1, 0.15) is 40.3 Å². The normalized spacial score (nSPS) is 15.7. The molecule has 2 heterocycles. The van der Waals surface area contributed by atoms with Crippen molar-refractivity contribution in [2.75, 3.05) is 13.1 Å². The average Bonchev–Trinajstić information content (AvgIpc) is 2.60. The van der Waals surface area contributed by atoms with Crippen molar-refractivity contribution in [3.05, 3.63) is 53.0 Å². The van der Waals surface area contributed by atoms with Gasteiger partial charge in [-0.2, -0.15) is 18.2 Å². The molecule has 144 valence electrons. The molecule has 0 spiro atoms. The molecule has 8 heteroatoms. The first-order chi connectivity index (χ1) is 12.7. The molecule has 1 aliphatic rings. The van der Waals surface area contributed by atoms with Crippen molar-refractivity contribution in [2.24, 2.45) is 0 Å². The zero-order chi connectivity index (χ0) is 19.6. The number of piperidine rings is 1.